The summed E-state index contributed by atoms with van der Waals surface area (Å²) < 4.78 is 1.93. The van der Waals surface area contributed by atoms with Gasteiger partial charge in [-0.1, -0.05) is 17.7 Å². The number of likely N-dealkylation sites (N-methyl/N-ethyl adjacent to an activating group) is 1. The minimum atomic E-state index is 0.726. The van der Waals surface area contributed by atoms with Crippen molar-refractivity contribution in [3.8, 4) is 0 Å². The van der Waals surface area contributed by atoms with Crippen molar-refractivity contribution in [3.63, 3.8) is 0 Å². The summed E-state index contributed by atoms with van der Waals surface area (Å²) in [5.41, 5.74) is 1.04. The molecular weight excluding hydrogens is 198 g/mol. The first-order valence-electron chi connectivity index (χ1n) is 4.61. The van der Waals surface area contributed by atoms with E-state index in [9.17, 15) is 0 Å². The highest BCUT2D eigenvalue weighted by Crippen LogP contribution is 2.15. The Morgan fingerprint density at radius 2 is 2.36 bits per heavy atom. The third-order valence-corrected chi connectivity index (χ3v) is 2.31. The van der Waals surface area contributed by atoms with Gasteiger partial charge < -0.3 is 4.90 Å². The van der Waals surface area contributed by atoms with Crippen LogP contribution >= 0.6 is 11.6 Å². The van der Waals surface area contributed by atoms with E-state index in [1.54, 1.807) is 6.20 Å². The molecule has 0 spiro atoms. The smallest absolute Gasteiger partial charge is 0.0821 e. The molecule has 0 saturated heterocycles. The molecule has 0 aliphatic heterocycles. The van der Waals surface area contributed by atoms with Crippen LogP contribution in [0.15, 0.2) is 18.9 Å². The lowest BCUT2D eigenvalue weighted by atomic mass is 10.3. The molecule has 1 aromatic rings. The van der Waals surface area contributed by atoms with Crippen LogP contribution < -0.4 is 0 Å². The normalized spacial score (nSPS) is 10.9. The summed E-state index contributed by atoms with van der Waals surface area (Å²) in [4.78, 5) is 2.12. The van der Waals surface area contributed by atoms with Crippen LogP contribution in [0, 0.1) is 0 Å². The van der Waals surface area contributed by atoms with Crippen LogP contribution in [0.1, 0.15) is 5.69 Å². The van der Waals surface area contributed by atoms with E-state index in [2.05, 4.69) is 16.6 Å². The van der Waals surface area contributed by atoms with Crippen molar-refractivity contribution < 1.29 is 0 Å². The zero-order valence-corrected chi connectivity index (χ0v) is 9.46. The molecule has 0 aliphatic carbocycles. The van der Waals surface area contributed by atoms with Crippen LogP contribution in [0.3, 0.4) is 0 Å². The van der Waals surface area contributed by atoms with Crippen LogP contribution in [-0.4, -0.2) is 35.3 Å². The predicted octanol–water partition coefficient (Wildman–Crippen LogP) is 1.83. The van der Waals surface area contributed by atoms with Gasteiger partial charge >= 0.3 is 0 Å². The van der Waals surface area contributed by atoms with E-state index in [0.717, 1.165) is 30.2 Å². The molecular formula is C10H16ClN3. The van der Waals surface area contributed by atoms with Crippen molar-refractivity contribution in [1.82, 2.24) is 14.7 Å². The van der Waals surface area contributed by atoms with Gasteiger partial charge in [-0.3, -0.25) is 4.68 Å². The van der Waals surface area contributed by atoms with Gasteiger partial charge in [-0.2, -0.15) is 5.10 Å². The summed E-state index contributed by atoms with van der Waals surface area (Å²) in [6, 6.07) is 0. The molecule has 0 unspecified atom stereocenters. The first-order chi connectivity index (χ1) is 6.65. The number of hydrogen-bond acceptors (Lipinski definition) is 2. The molecule has 0 amide bonds. The van der Waals surface area contributed by atoms with E-state index in [-0.39, 0.29) is 0 Å². The number of rotatable bonds is 5. The van der Waals surface area contributed by atoms with Gasteiger partial charge in [0.05, 0.1) is 23.5 Å². The fourth-order valence-corrected chi connectivity index (χ4v) is 1.43. The van der Waals surface area contributed by atoms with Gasteiger partial charge in [0, 0.05) is 13.0 Å². The molecule has 3 nitrogen and oxygen atoms in total. The first-order valence-corrected chi connectivity index (χ1v) is 4.98. The number of aromatic nitrogens is 2. The summed E-state index contributed by atoms with van der Waals surface area (Å²) in [7, 11) is 4.08. The predicted molar refractivity (Wildman–Crippen MR) is 59.7 cm³/mol. The maximum atomic E-state index is 5.99. The average molecular weight is 214 g/mol. The number of hydrogen-bond donors (Lipinski definition) is 0. The Balaban J connectivity index is 2.70. The highest BCUT2D eigenvalue weighted by Gasteiger charge is 2.06. The second-order valence-electron chi connectivity index (χ2n) is 3.46. The third-order valence-electron chi connectivity index (χ3n) is 1.99. The molecule has 78 valence electrons. The van der Waals surface area contributed by atoms with E-state index in [1.165, 1.54) is 0 Å². The molecule has 0 saturated carbocycles. The Morgan fingerprint density at radius 3 is 2.93 bits per heavy atom. The fourth-order valence-electron chi connectivity index (χ4n) is 1.21. The van der Waals surface area contributed by atoms with Crippen LogP contribution in [-0.2, 0) is 13.0 Å². The minimum Gasteiger partial charge on any atom is -0.308 e. The van der Waals surface area contributed by atoms with E-state index < -0.39 is 0 Å². The molecule has 0 fully saturated rings. The van der Waals surface area contributed by atoms with E-state index in [4.69, 9.17) is 11.6 Å². The zero-order valence-electron chi connectivity index (χ0n) is 8.70. The third kappa shape index (κ3) is 2.86. The van der Waals surface area contributed by atoms with Gasteiger partial charge in [-0.05, 0) is 14.1 Å². The molecule has 0 N–H and O–H groups in total. The van der Waals surface area contributed by atoms with E-state index >= 15 is 0 Å². The van der Waals surface area contributed by atoms with Crippen molar-refractivity contribution in [2.24, 2.45) is 0 Å². The molecule has 1 aromatic heterocycles. The fraction of sp³-hybridized carbons (Fsp3) is 0.500. The number of allylic oxidation sites excluding steroid dienone is 1. The summed E-state index contributed by atoms with van der Waals surface area (Å²) in [5, 5.41) is 4.94. The van der Waals surface area contributed by atoms with Crippen LogP contribution in [0.2, 0.25) is 5.02 Å². The van der Waals surface area contributed by atoms with Crippen molar-refractivity contribution in [2.75, 3.05) is 20.6 Å². The standard InChI is InChI=1S/C10H16ClN3/c1-4-5-10-9(11)8-12-14(10)7-6-13(2)3/h4,8H,1,5-7H2,2-3H3. The Morgan fingerprint density at radius 1 is 1.64 bits per heavy atom. The Kier molecular flexibility index (Phi) is 4.17. The van der Waals surface area contributed by atoms with Gasteiger partial charge in [0.25, 0.3) is 0 Å². The largest absolute Gasteiger partial charge is 0.308 e. The van der Waals surface area contributed by atoms with E-state index in [0.29, 0.717) is 0 Å². The minimum absolute atomic E-state index is 0.726. The second-order valence-corrected chi connectivity index (χ2v) is 3.87. The van der Waals surface area contributed by atoms with Crippen LogP contribution in [0.5, 0.6) is 0 Å². The molecule has 0 radical (unpaired) electrons. The quantitative estimate of drug-likeness (QED) is 0.696. The number of nitrogens with zero attached hydrogens (tertiary/aromatic N) is 3. The zero-order chi connectivity index (χ0) is 10.6. The highest BCUT2D eigenvalue weighted by atomic mass is 35.5. The molecule has 4 heteroatoms. The summed E-state index contributed by atoms with van der Waals surface area (Å²) in [5.74, 6) is 0. The molecule has 1 heterocycles. The first kappa shape index (κ1) is 11.3. The number of halogens is 1. The summed E-state index contributed by atoms with van der Waals surface area (Å²) in [6.07, 6.45) is 4.30. The molecule has 0 atom stereocenters. The van der Waals surface area contributed by atoms with Gasteiger partial charge in [-0.25, -0.2) is 0 Å². The van der Waals surface area contributed by atoms with Gasteiger partial charge in [0.2, 0.25) is 0 Å². The maximum absolute atomic E-state index is 5.99. The average Bonchev–Trinajstić information content (AvgIpc) is 2.46. The van der Waals surface area contributed by atoms with Crippen LogP contribution in [0.25, 0.3) is 0 Å². The lowest BCUT2D eigenvalue weighted by Gasteiger charge is -2.11. The van der Waals surface area contributed by atoms with Crippen molar-refractivity contribution in [3.05, 3.63) is 29.6 Å². The van der Waals surface area contributed by atoms with Gasteiger partial charge in [0.1, 0.15) is 0 Å². The van der Waals surface area contributed by atoms with Crippen LogP contribution in [0.4, 0.5) is 0 Å². The summed E-state index contributed by atoms with van der Waals surface area (Å²) >= 11 is 5.99. The second kappa shape index (κ2) is 5.17. The Hall–Kier alpha value is -0.800. The van der Waals surface area contributed by atoms with Crippen molar-refractivity contribution in [1.29, 1.82) is 0 Å². The molecule has 0 bridgehead atoms. The van der Waals surface area contributed by atoms with Gasteiger partial charge in [0.15, 0.2) is 0 Å². The monoisotopic (exact) mass is 213 g/mol. The highest BCUT2D eigenvalue weighted by molar-refractivity contribution is 6.31. The molecule has 0 aromatic carbocycles. The molecule has 0 aliphatic rings. The Bertz CT molecular complexity index is 304. The van der Waals surface area contributed by atoms with Gasteiger partial charge in [-0.15, -0.1) is 6.58 Å². The lowest BCUT2D eigenvalue weighted by Crippen LogP contribution is -2.20. The van der Waals surface area contributed by atoms with Crippen molar-refractivity contribution >= 4 is 11.6 Å². The molecule has 1 rings (SSSR count). The SMILES string of the molecule is C=CCc1c(Cl)cnn1CCN(C)C. The maximum Gasteiger partial charge on any atom is 0.0821 e. The summed E-state index contributed by atoms with van der Waals surface area (Å²) in [6.45, 7) is 5.53. The topological polar surface area (TPSA) is 21.1 Å². The molecule has 14 heavy (non-hydrogen) atoms. The van der Waals surface area contributed by atoms with E-state index in [1.807, 2.05) is 24.9 Å². The van der Waals surface area contributed by atoms with Crippen molar-refractivity contribution in [2.45, 2.75) is 13.0 Å². The Labute approximate surface area is 90.0 Å². The lowest BCUT2D eigenvalue weighted by molar-refractivity contribution is 0.370.